The molecule has 1 heterocycles. The highest BCUT2D eigenvalue weighted by atomic mass is 19.1. The summed E-state index contributed by atoms with van der Waals surface area (Å²) in [5, 5.41) is 6.61. The molecule has 2 rings (SSSR count). The maximum absolute atomic E-state index is 13.6. The summed E-state index contributed by atoms with van der Waals surface area (Å²) in [6, 6.07) is 4.81. The van der Waals surface area contributed by atoms with Crippen LogP contribution in [0.2, 0.25) is 0 Å². The first-order valence-corrected chi connectivity index (χ1v) is 5.58. The highest BCUT2D eigenvalue weighted by Crippen LogP contribution is 2.15. The molecule has 96 valence electrons. The van der Waals surface area contributed by atoms with Crippen molar-refractivity contribution in [1.29, 1.82) is 0 Å². The third kappa shape index (κ3) is 3.27. The summed E-state index contributed by atoms with van der Waals surface area (Å²) in [6.45, 7) is 1.09. The van der Waals surface area contributed by atoms with E-state index < -0.39 is 0 Å². The van der Waals surface area contributed by atoms with Crippen LogP contribution in [0.1, 0.15) is 11.5 Å². The van der Waals surface area contributed by atoms with E-state index in [0.29, 0.717) is 36.7 Å². The summed E-state index contributed by atoms with van der Waals surface area (Å²) in [4.78, 5) is 3.89. The summed E-state index contributed by atoms with van der Waals surface area (Å²) >= 11 is 0. The average molecular weight is 251 g/mol. The van der Waals surface area contributed by atoms with E-state index in [4.69, 9.17) is 9.26 Å². The first kappa shape index (κ1) is 12.5. The van der Waals surface area contributed by atoms with Gasteiger partial charge >= 0.3 is 0 Å². The first-order chi connectivity index (χ1) is 8.79. The Bertz CT molecular complexity index is 488. The molecular weight excluding hydrogens is 237 g/mol. The van der Waals surface area contributed by atoms with Gasteiger partial charge in [0.2, 0.25) is 5.89 Å². The molecule has 0 radical (unpaired) electrons. The molecule has 2 aromatic rings. The highest BCUT2D eigenvalue weighted by Gasteiger charge is 2.04. The van der Waals surface area contributed by atoms with Crippen LogP contribution in [0.4, 0.5) is 4.39 Å². The number of benzene rings is 1. The maximum Gasteiger partial charge on any atom is 0.227 e. The molecule has 0 unspecified atom stereocenters. The van der Waals surface area contributed by atoms with E-state index in [9.17, 15) is 4.39 Å². The Morgan fingerprint density at radius 1 is 1.44 bits per heavy atom. The van der Waals surface area contributed by atoms with Crippen LogP contribution < -0.4 is 10.1 Å². The molecule has 5 nitrogen and oxygen atoms in total. The number of hydrogen-bond acceptors (Lipinski definition) is 5. The number of nitrogens with zero attached hydrogens (tertiary/aromatic N) is 2. The van der Waals surface area contributed by atoms with Crippen LogP contribution in [-0.4, -0.2) is 23.8 Å². The van der Waals surface area contributed by atoms with E-state index in [2.05, 4.69) is 15.5 Å². The topological polar surface area (TPSA) is 60.2 Å². The van der Waals surface area contributed by atoms with Gasteiger partial charge in [-0.25, -0.2) is 4.39 Å². The molecule has 1 aromatic heterocycles. The predicted octanol–water partition coefficient (Wildman–Crippen LogP) is 1.55. The van der Waals surface area contributed by atoms with Crippen molar-refractivity contribution in [3.8, 4) is 5.75 Å². The fraction of sp³-hybridized carbons (Fsp3) is 0.333. The average Bonchev–Trinajstić information content (AvgIpc) is 2.89. The lowest BCUT2D eigenvalue weighted by Crippen LogP contribution is -2.17. The molecule has 0 aliphatic heterocycles. The quantitative estimate of drug-likeness (QED) is 0.789. The molecule has 0 aliphatic rings. The molecule has 1 aromatic carbocycles. The summed E-state index contributed by atoms with van der Waals surface area (Å²) in [5.74, 6) is 0.805. The molecule has 0 saturated heterocycles. The van der Waals surface area contributed by atoms with Crippen molar-refractivity contribution in [2.75, 3.05) is 13.7 Å². The fourth-order valence-corrected chi connectivity index (χ4v) is 1.52. The molecule has 0 saturated carbocycles. The van der Waals surface area contributed by atoms with Crippen LogP contribution in [0.3, 0.4) is 0 Å². The van der Waals surface area contributed by atoms with E-state index in [-0.39, 0.29) is 5.82 Å². The Kier molecular flexibility index (Phi) is 4.25. The first-order valence-electron chi connectivity index (χ1n) is 5.58. The van der Waals surface area contributed by atoms with Crippen molar-refractivity contribution < 1.29 is 13.7 Å². The monoisotopic (exact) mass is 251 g/mol. The minimum Gasteiger partial charge on any atom is -0.497 e. The Morgan fingerprint density at radius 2 is 2.33 bits per heavy atom. The van der Waals surface area contributed by atoms with Crippen molar-refractivity contribution in [1.82, 2.24) is 15.5 Å². The van der Waals surface area contributed by atoms with Gasteiger partial charge < -0.3 is 14.6 Å². The fourth-order valence-electron chi connectivity index (χ4n) is 1.52. The van der Waals surface area contributed by atoms with Gasteiger partial charge in [0, 0.05) is 31.1 Å². The predicted molar refractivity (Wildman–Crippen MR) is 62.7 cm³/mol. The zero-order valence-electron chi connectivity index (χ0n) is 10.0. The third-order valence-electron chi connectivity index (χ3n) is 2.50. The number of halogens is 1. The minimum absolute atomic E-state index is 0.278. The molecule has 0 fully saturated rings. The maximum atomic E-state index is 13.6. The van der Waals surface area contributed by atoms with Gasteiger partial charge in [-0.1, -0.05) is 11.2 Å². The molecule has 0 spiro atoms. The SMILES string of the molecule is COc1ccc(CNCCc2ncno2)c(F)c1. The van der Waals surface area contributed by atoms with Gasteiger partial charge in [-0.2, -0.15) is 4.98 Å². The van der Waals surface area contributed by atoms with Gasteiger partial charge in [0.25, 0.3) is 0 Å². The van der Waals surface area contributed by atoms with E-state index in [1.54, 1.807) is 12.1 Å². The van der Waals surface area contributed by atoms with E-state index >= 15 is 0 Å². The van der Waals surface area contributed by atoms with Gasteiger partial charge in [0.1, 0.15) is 11.6 Å². The summed E-state index contributed by atoms with van der Waals surface area (Å²) < 4.78 is 23.4. The van der Waals surface area contributed by atoms with Crippen molar-refractivity contribution in [2.24, 2.45) is 0 Å². The Morgan fingerprint density at radius 3 is 3.00 bits per heavy atom. The van der Waals surface area contributed by atoms with Crippen LogP contribution >= 0.6 is 0 Å². The number of ether oxygens (including phenoxy) is 1. The highest BCUT2D eigenvalue weighted by molar-refractivity contribution is 5.28. The van der Waals surface area contributed by atoms with E-state index in [1.807, 2.05) is 0 Å². The lowest BCUT2D eigenvalue weighted by molar-refractivity contribution is 0.374. The van der Waals surface area contributed by atoms with Gasteiger partial charge in [-0.15, -0.1) is 0 Å². The van der Waals surface area contributed by atoms with Gasteiger partial charge in [-0.05, 0) is 6.07 Å². The number of aromatic nitrogens is 2. The molecule has 1 N–H and O–H groups in total. The van der Waals surface area contributed by atoms with Crippen molar-refractivity contribution >= 4 is 0 Å². The number of methoxy groups -OCH3 is 1. The van der Waals surface area contributed by atoms with Crippen LogP contribution in [0.25, 0.3) is 0 Å². The molecule has 0 bridgehead atoms. The van der Waals surface area contributed by atoms with Gasteiger partial charge in [-0.3, -0.25) is 0 Å². The summed E-state index contributed by atoms with van der Waals surface area (Å²) in [6.07, 6.45) is 1.98. The Hall–Kier alpha value is -1.95. The van der Waals surface area contributed by atoms with Crippen LogP contribution in [0.5, 0.6) is 5.75 Å². The molecule has 0 atom stereocenters. The molecular formula is C12H14FN3O2. The van der Waals surface area contributed by atoms with Crippen molar-refractivity contribution in [3.63, 3.8) is 0 Å². The number of nitrogens with one attached hydrogen (secondary N) is 1. The summed E-state index contributed by atoms with van der Waals surface area (Å²) in [5.41, 5.74) is 0.598. The number of hydrogen-bond donors (Lipinski definition) is 1. The largest absolute Gasteiger partial charge is 0.497 e. The molecule has 18 heavy (non-hydrogen) atoms. The van der Waals surface area contributed by atoms with E-state index in [1.165, 1.54) is 19.5 Å². The Labute approximate surface area is 104 Å². The molecule has 6 heteroatoms. The second-order valence-electron chi connectivity index (χ2n) is 3.72. The van der Waals surface area contributed by atoms with Crippen LogP contribution in [0.15, 0.2) is 29.0 Å². The Balaban J connectivity index is 1.79. The third-order valence-corrected chi connectivity index (χ3v) is 2.50. The number of rotatable bonds is 6. The lowest BCUT2D eigenvalue weighted by Gasteiger charge is -2.06. The van der Waals surface area contributed by atoms with E-state index in [0.717, 1.165) is 0 Å². The zero-order chi connectivity index (χ0) is 12.8. The van der Waals surface area contributed by atoms with Gasteiger partial charge in [0.15, 0.2) is 6.33 Å². The lowest BCUT2D eigenvalue weighted by atomic mass is 10.2. The molecule has 0 aliphatic carbocycles. The minimum atomic E-state index is -0.278. The smallest absolute Gasteiger partial charge is 0.227 e. The van der Waals surface area contributed by atoms with Gasteiger partial charge in [0.05, 0.1) is 7.11 Å². The van der Waals surface area contributed by atoms with Crippen LogP contribution in [0, 0.1) is 5.82 Å². The normalized spacial score (nSPS) is 10.6. The zero-order valence-corrected chi connectivity index (χ0v) is 10.0. The molecule has 0 amide bonds. The van der Waals surface area contributed by atoms with Crippen molar-refractivity contribution in [3.05, 3.63) is 41.8 Å². The standard InChI is InChI=1S/C12H14FN3O2/c1-17-10-3-2-9(11(13)6-10)7-14-5-4-12-15-8-16-18-12/h2-3,6,8,14H,4-5,7H2,1H3. The summed E-state index contributed by atoms with van der Waals surface area (Å²) in [7, 11) is 1.51. The van der Waals surface area contributed by atoms with Crippen molar-refractivity contribution in [2.45, 2.75) is 13.0 Å². The van der Waals surface area contributed by atoms with Crippen LogP contribution in [-0.2, 0) is 13.0 Å². The second-order valence-corrected chi connectivity index (χ2v) is 3.72. The second kappa shape index (κ2) is 6.11.